The van der Waals surface area contributed by atoms with E-state index in [2.05, 4.69) is 0 Å². The summed E-state index contributed by atoms with van der Waals surface area (Å²) in [5, 5.41) is 9.35. The summed E-state index contributed by atoms with van der Waals surface area (Å²) in [6, 6.07) is 4.92. The molecule has 0 atom stereocenters. The van der Waals surface area contributed by atoms with Gasteiger partial charge in [0.15, 0.2) is 0 Å². The molecule has 1 aromatic carbocycles. The molecule has 90 valence electrons. The monoisotopic (exact) mass is 225 g/mol. The van der Waals surface area contributed by atoms with Gasteiger partial charge >= 0.3 is 0 Å². The average molecular weight is 225 g/mol. The Hall–Kier alpha value is -1.42. The van der Waals surface area contributed by atoms with E-state index in [-0.39, 0.29) is 17.0 Å². The molecule has 0 spiro atoms. The molecule has 0 heterocycles. The number of nitrogens with two attached hydrogens (primary N) is 1. The van der Waals surface area contributed by atoms with Gasteiger partial charge in [0.1, 0.15) is 23.8 Å². The highest BCUT2D eigenvalue weighted by atomic mass is 16.5. The third-order valence-electron chi connectivity index (χ3n) is 1.92. The quantitative estimate of drug-likeness (QED) is 0.468. The van der Waals surface area contributed by atoms with Crippen molar-refractivity contribution in [2.75, 3.05) is 18.9 Å². The molecule has 4 heteroatoms. The minimum atomic E-state index is -0.173. The predicted molar refractivity (Wildman–Crippen MR) is 63.7 cm³/mol. The molecule has 0 unspecified atom stereocenters. The summed E-state index contributed by atoms with van der Waals surface area (Å²) in [4.78, 5) is 0. The highest BCUT2D eigenvalue weighted by Gasteiger charge is 2.10. The molecule has 0 aliphatic heterocycles. The van der Waals surface area contributed by atoms with Crippen molar-refractivity contribution in [1.82, 2.24) is 0 Å². The fourth-order valence-corrected chi connectivity index (χ4v) is 1.16. The van der Waals surface area contributed by atoms with Crippen molar-refractivity contribution >= 4 is 5.69 Å². The van der Waals surface area contributed by atoms with Crippen molar-refractivity contribution in [1.29, 1.82) is 0 Å². The summed E-state index contributed by atoms with van der Waals surface area (Å²) in [6.45, 7) is 6.84. The number of hydrogen-bond donors (Lipinski definition) is 2. The summed E-state index contributed by atoms with van der Waals surface area (Å²) in [7, 11) is 0. The minimum Gasteiger partial charge on any atom is -0.506 e. The van der Waals surface area contributed by atoms with Crippen LogP contribution in [0.15, 0.2) is 18.2 Å². The van der Waals surface area contributed by atoms with Gasteiger partial charge in [-0.05, 0) is 32.9 Å². The van der Waals surface area contributed by atoms with Gasteiger partial charge in [0.2, 0.25) is 0 Å². The second-order valence-electron chi connectivity index (χ2n) is 4.50. The fraction of sp³-hybridized carbons (Fsp3) is 0.500. The van der Waals surface area contributed by atoms with Gasteiger partial charge in [-0.1, -0.05) is 6.07 Å². The van der Waals surface area contributed by atoms with E-state index in [1.807, 2.05) is 20.8 Å². The number of hydrogen-bond acceptors (Lipinski definition) is 4. The van der Waals surface area contributed by atoms with Crippen LogP contribution in [0, 0.1) is 0 Å². The minimum absolute atomic E-state index is 0.0363. The van der Waals surface area contributed by atoms with Crippen LogP contribution in [-0.2, 0) is 4.74 Å². The molecule has 0 amide bonds. The first-order valence-corrected chi connectivity index (χ1v) is 5.24. The highest BCUT2D eigenvalue weighted by molar-refractivity contribution is 5.61. The Kier molecular flexibility index (Phi) is 4.01. The van der Waals surface area contributed by atoms with E-state index in [0.29, 0.717) is 19.0 Å². The van der Waals surface area contributed by atoms with Crippen molar-refractivity contribution in [3.05, 3.63) is 18.2 Å². The zero-order valence-electron chi connectivity index (χ0n) is 9.99. The second-order valence-corrected chi connectivity index (χ2v) is 4.50. The van der Waals surface area contributed by atoms with Gasteiger partial charge in [-0.2, -0.15) is 0 Å². The van der Waals surface area contributed by atoms with Crippen LogP contribution < -0.4 is 10.5 Å². The van der Waals surface area contributed by atoms with Crippen LogP contribution >= 0.6 is 0 Å². The summed E-state index contributed by atoms with van der Waals surface area (Å²) in [5.74, 6) is 0.520. The Bertz CT molecular complexity index is 345. The van der Waals surface area contributed by atoms with Crippen molar-refractivity contribution in [3.63, 3.8) is 0 Å². The number of anilines is 1. The smallest absolute Gasteiger partial charge is 0.146 e. The zero-order chi connectivity index (χ0) is 12.2. The van der Waals surface area contributed by atoms with Gasteiger partial charge < -0.3 is 20.3 Å². The molecule has 0 bridgehead atoms. The molecular weight excluding hydrogens is 206 g/mol. The second kappa shape index (κ2) is 5.07. The van der Waals surface area contributed by atoms with Gasteiger partial charge in [0, 0.05) is 0 Å². The van der Waals surface area contributed by atoms with Crippen LogP contribution in [0.25, 0.3) is 0 Å². The lowest BCUT2D eigenvalue weighted by Gasteiger charge is -2.19. The van der Waals surface area contributed by atoms with Gasteiger partial charge in [-0.25, -0.2) is 0 Å². The molecule has 0 aliphatic carbocycles. The van der Waals surface area contributed by atoms with Gasteiger partial charge in [0.25, 0.3) is 0 Å². The van der Waals surface area contributed by atoms with Gasteiger partial charge in [0.05, 0.1) is 12.2 Å². The zero-order valence-corrected chi connectivity index (χ0v) is 9.99. The van der Waals surface area contributed by atoms with Crippen LogP contribution in [0.3, 0.4) is 0 Å². The van der Waals surface area contributed by atoms with E-state index in [9.17, 15) is 5.11 Å². The molecule has 0 radical (unpaired) electrons. The van der Waals surface area contributed by atoms with Crippen LogP contribution in [0.2, 0.25) is 0 Å². The Labute approximate surface area is 96.0 Å². The molecule has 0 saturated carbocycles. The molecule has 3 N–H and O–H groups in total. The average Bonchev–Trinajstić information content (AvgIpc) is 2.17. The predicted octanol–water partition coefficient (Wildman–Crippen LogP) is 2.17. The number of ether oxygens (including phenoxy) is 2. The Morgan fingerprint density at radius 1 is 1.25 bits per heavy atom. The summed E-state index contributed by atoms with van der Waals surface area (Å²) in [6.07, 6.45) is 0. The topological polar surface area (TPSA) is 64.7 Å². The molecule has 1 aromatic rings. The van der Waals surface area contributed by atoms with Gasteiger partial charge in [-0.3, -0.25) is 0 Å². The Morgan fingerprint density at radius 2 is 1.94 bits per heavy atom. The van der Waals surface area contributed by atoms with E-state index in [0.717, 1.165) is 0 Å². The number of para-hydroxylation sites is 1. The maximum atomic E-state index is 9.35. The molecular formula is C12H19NO3. The first-order valence-electron chi connectivity index (χ1n) is 5.24. The van der Waals surface area contributed by atoms with Crippen LogP contribution in [-0.4, -0.2) is 23.9 Å². The van der Waals surface area contributed by atoms with Crippen molar-refractivity contribution in [2.24, 2.45) is 0 Å². The Morgan fingerprint density at radius 3 is 2.56 bits per heavy atom. The molecule has 0 saturated heterocycles. The molecule has 0 aromatic heterocycles. The normalized spacial score (nSPS) is 11.4. The number of phenols is 1. The van der Waals surface area contributed by atoms with E-state index in [1.54, 1.807) is 12.1 Å². The van der Waals surface area contributed by atoms with Crippen LogP contribution in [0.4, 0.5) is 5.69 Å². The summed E-state index contributed by atoms with van der Waals surface area (Å²) < 4.78 is 10.9. The van der Waals surface area contributed by atoms with Gasteiger partial charge in [-0.15, -0.1) is 0 Å². The van der Waals surface area contributed by atoms with Crippen molar-refractivity contribution in [2.45, 2.75) is 26.4 Å². The molecule has 0 aliphatic rings. The summed E-state index contributed by atoms with van der Waals surface area (Å²) in [5.41, 5.74) is 5.72. The van der Waals surface area contributed by atoms with Crippen LogP contribution in [0.1, 0.15) is 20.8 Å². The number of aromatic hydroxyl groups is 1. The first-order chi connectivity index (χ1) is 7.40. The van der Waals surface area contributed by atoms with Crippen LogP contribution in [0.5, 0.6) is 11.5 Å². The van der Waals surface area contributed by atoms with Crippen molar-refractivity contribution in [3.8, 4) is 11.5 Å². The Balaban J connectivity index is 2.41. The number of phenolic OH excluding ortho intramolecular Hbond substituents is 1. The molecule has 4 nitrogen and oxygen atoms in total. The molecule has 0 fully saturated rings. The van der Waals surface area contributed by atoms with E-state index in [4.69, 9.17) is 15.2 Å². The third-order valence-corrected chi connectivity index (χ3v) is 1.92. The maximum Gasteiger partial charge on any atom is 0.146 e. The number of benzene rings is 1. The standard InChI is InChI=1S/C12H19NO3/c1-12(2,3)16-8-7-15-10-6-4-5-9(14)11(10)13/h4-6,14H,7-8,13H2,1-3H3. The highest BCUT2D eigenvalue weighted by Crippen LogP contribution is 2.29. The van der Waals surface area contributed by atoms with E-state index < -0.39 is 0 Å². The lowest BCUT2D eigenvalue weighted by atomic mass is 10.2. The lowest BCUT2D eigenvalue weighted by Crippen LogP contribution is -2.22. The van der Waals surface area contributed by atoms with Crippen molar-refractivity contribution < 1.29 is 14.6 Å². The van der Waals surface area contributed by atoms with E-state index in [1.165, 1.54) is 6.07 Å². The SMILES string of the molecule is CC(C)(C)OCCOc1cccc(O)c1N. The third kappa shape index (κ3) is 3.98. The maximum absolute atomic E-state index is 9.35. The summed E-state index contributed by atoms with van der Waals surface area (Å²) >= 11 is 0. The fourth-order valence-electron chi connectivity index (χ4n) is 1.16. The first kappa shape index (κ1) is 12.6. The molecule has 1 rings (SSSR count). The number of nitrogen functional groups attached to an aromatic ring is 1. The van der Waals surface area contributed by atoms with E-state index >= 15 is 0 Å². The number of rotatable bonds is 4. The lowest BCUT2D eigenvalue weighted by molar-refractivity contribution is -0.0162. The largest absolute Gasteiger partial charge is 0.506 e. The molecule has 16 heavy (non-hydrogen) atoms.